The van der Waals surface area contributed by atoms with Crippen molar-refractivity contribution in [2.75, 3.05) is 0 Å². The van der Waals surface area contributed by atoms with Crippen molar-refractivity contribution in [3.05, 3.63) is 65.2 Å². The Morgan fingerprint density at radius 2 is 1.57 bits per heavy atom. The normalized spacial score (nSPS) is 10.4. The van der Waals surface area contributed by atoms with Crippen LogP contribution in [0.4, 0.5) is 0 Å². The molecule has 2 amide bonds. The zero-order valence-corrected chi connectivity index (χ0v) is 12.0. The van der Waals surface area contributed by atoms with Gasteiger partial charge in [0.25, 0.3) is 11.8 Å². The number of nitrogens with one attached hydrogen (secondary N) is 1. The van der Waals surface area contributed by atoms with Crippen molar-refractivity contribution in [3.8, 4) is 5.75 Å². The Balaban J connectivity index is 2.11. The Morgan fingerprint density at radius 3 is 2.14 bits per heavy atom. The standard InChI is InChI=1S/C17H17NO3/c1-11(2)12-7-9-13(10-8-12)16(20)18-17(21)14-5-3-4-6-15(14)19/h3-11,19H,1-2H3,(H,18,20,21). The molecule has 0 unspecified atom stereocenters. The number of aromatic hydroxyl groups is 1. The van der Waals surface area contributed by atoms with Gasteiger partial charge in [0.15, 0.2) is 0 Å². The second-order valence-corrected chi connectivity index (χ2v) is 5.08. The van der Waals surface area contributed by atoms with E-state index in [0.29, 0.717) is 11.5 Å². The Labute approximate surface area is 123 Å². The van der Waals surface area contributed by atoms with Crippen molar-refractivity contribution in [1.29, 1.82) is 0 Å². The summed E-state index contributed by atoms with van der Waals surface area (Å²) >= 11 is 0. The molecule has 0 saturated carbocycles. The number of rotatable bonds is 3. The van der Waals surface area contributed by atoms with E-state index in [2.05, 4.69) is 19.2 Å². The average Bonchev–Trinajstić information content (AvgIpc) is 2.47. The third-order valence-electron chi connectivity index (χ3n) is 3.22. The minimum absolute atomic E-state index is 0.0738. The molecular formula is C17H17NO3. The summed E-state index contributed by atoms with van der Waals surface area (Å²) in [5, 5.41) is 11.9. The van der Waals surface area contributed by atoms with Crippen LogP contribution in [0.15, 0.2) is 48.5 Å². The Kier molecular flexibility index (Phi) is 4.38. The minimum Gasteiger partial charge on any atom is -0.507 e. The molecule has 4 nitrogen and oxygen atoms in total. The van der Waals surface area contributed by atoms with Crippen LogP contribution in [0.3, 0.4) is 0 Å². The first-order valence-corrected chi connectivity index (χ1v) is 6.72. The van der Waals surface area contributed by atoms with E-state index in [1.165, 1.54) is 12.1 Å². The maximum atomic E-state index is 12.0. The van der Waals surface area contributed by atoms with E-state index in [0.717, 1.165) is 5.56 Å². The van der Waals surface area contributed by atoms with Gasteiger partial charge in [-0.25, -0.2) is 0 Å². The van der Waals surface area contributed by atoms with Crippen LogP contribution >= 0.6 is 0 Å². The first-order chi connectivity index (χ1) is 9.99. The molecule has 2 N–H and O–H groups in total. The molecule has 0 radical (unpaired) electrons. The number of hydrogen-bond acceptors (Lipinski definition) is 3. The molecule has 2 aromatic carbocycles. The Bertz CT molecular complexity index is 660. The highest BCUT2D eigenvalue weighted by molar-refractivity contribution is 6.11. The molecule has 0 atom stereocenters. The zero-order valence-electron chi connectivity index (χ0n) is 12.0. The SMILES string of the molecule is CC(C)c1ccc(C(=O)NC(=O)c2ccccc2O)cc1. The van der Waals surface area contributed by atoms with Crippen molar-refractivity contribution >= 4 is 11.8 Å². The number of para-hydroxylation sites is 1. The van der Waals surface area contributed by atoms with Gasteiger partial charge < -0.3 is 5.11 Å². The van der Waals surface area contributed by atoms with E-state index < -0.39 is 11.8 Å². The lowest BCUT2D eigenvalue weighted by Crippen LogP contribution is -2.30. The molecule has 2 aromatic rings. The number of phenols is 1. The number of amides is 2. The number of carbonyl (C=O) groups is 2. The van der Waals surface area contributed by atoms with Crippen molar-refractivity contribution in [2.24, 2.45) is 0 Å². The quantitative estimate of drug-likeness (QED) is 0.851. The van der Waals surface area contributed by atoms with E-state index in [4.69, 9.17) is 0 Å². The van der Waals surface area contributed by atoms with Gasteiger partial charge in [0.2, 0.25) is 0 Å². The van der Waals surface area contributed by atoms with Gasteiger partial charge in [0.1, 0.15) is 5.75 Å². The van der Waals surface area contributed by atoms with Crippen molar-refractivity contribution < 1.29 is 14.7 Å². The van der Waals surface area contributed by atoms with Gasteiger partial charge in [-0.1, -0.05) is 38.1 Å². The molecule has 0 aromatic heterocycles. The molecule has 21 heavy (non-hydrogen) atoms. The van der Waals surface area contributed by atoms with Crippen LogP contribution in [0.1, 0.15) is 46.0 Å². The van der Waals surface area contributed by atoms with E-state index in [1.54, 1.807) is 24.3 Å². The largest absolute Gasteiger partial charge is 0.507 e. The fourth-order valence-corrected chi connectivity index (χ4v) is 1.93. The van der Waals surface area contributed by atoms with E-state index in [-0.39, 0.29) is 11.3 Å². The summed E-state index contributed by atoms with van der Waals surface area (Å²) in [7, 11) is 0. The third kappa shape index (κ3) is 3.48. The summed E-state index contributed by atoms with van der Waals surface area (Å²) in [6.45, 7) is 4.13. The van der Waals surface area contributed by atoms with Crippen molar-refractivity contribution in [3.63, 3.8) is 0 Å². The molecule has 0 aliphatic carbocycles. The number of phenolic OH excluding ortho intramolecular Hbond substituents is 1. The molecule has 0 heterocycles. The Morgan fingerprint density at radius 1 is 0.952 bits per heavy atom. The number of benzene rings is 2. The maximum Gasteiger partial charge on any atom is 0.261 e. The van der Waals surface area contributed by atoms with Gasteiger partial charge in [0.05, 0.1) is 5.56 Å². The number of carbonyl (C=O) groups excluding carboxylic acids is 2. The molecule has 0 spiro atoms. The molecule has 0 aliphatic heterocycles. The first-order valence-electron chi connectivity index (χ1n) is 6.72. The van der Waals surface area contributed by atoms with E-state index in [1.807, 2.05) is 12.1 Å². The Hall–Kier alpha value is -2.62. The highest BCUT2D eigenvalue weighted by Crippen LogP contribution is 2.16. The second kappa shape index (κ2) is 6.22. The summed E-state index contributed by atoms with van der Waals surface area (Å²) in [6, 6.07) is 13.2. The fourth-order valence-electron chi connectivity index (χ4n) is 1.93. The molecule has 0 fully saturated rings. The predicted octanol–water partition coefficient (Wildman–Crippen LogP) is 3.09. The fraction of sp³-hybridized carbons (Fsp3) is 0.176. The summed E-state index contributed by atoms with van der Waals surface area (Å²) in [6.07, 6.45) is 0. The number of imide groups is 1. The van der Waals surface area contributed by atoms with Crippen molar-refractivity contribution in [1.82, 2.24) is 5.32 Å². The summed E-state index contributed by atoms with van der Waals surface area (Å²) < 4.78 is 0. The molecule has 108 valence electrons. The second-order valence-electron chi connectivity index (χ2n) is 5.08. The highest BCUT2D eigenvalue weighted by atomic mass is 16.3. The van der Waals surface area contributed by atoms with Gasteiger partial charge in [-0.3, -0.25) is 14.9 Å². The summed E-state index contributed by atoms with van der Waals surface area (Å²) in [5.41, 5.74) is 1.60. The molecule has 4 heteroatoms. The van der Waals surface area contributed by atoms with Crippen LogP contribution in [0.5, 0.6) is 5.75 Å². The van der Waals surface area contributed by atoms with Gasteiger partial charge in [-0.05, 0) is 35.7 Å². The summed E-state index contributed by atoms with van der Waals surface area (Å²) in [5.74, 6) is -0.882. The lowest BCUT2D eigenvalue weighted by Gasteiger charge is -2.08. The van der Waals surface area contributed by atoms with Crippen LogP contribution < -0.4 is 5.32 Å². The summed E-state index contributed by atoms with van der Waals surface area (Å²) in [4.78, 5) is 23.9. The average molecular weight is 283 g/mol. The highest BCUT2D eigenvalue weighted by Gasteiger charge is 2.15. The van der Waals surface area contributed by atoms with Crippen molar-refractivity contribution in [2.45, 2.75) is 19.8 Å². The van der Waals surface area contributed by atoms with Crippen LogP contribution in [0.25, 0.3) is 0 Å². The lowest BCUT2D eigenvalue weighted by atomic mass is 10.0. The smallest absolute Gasteiger partial charge is 0.261 e. The predicted molar refractivity (Wildman–Crippen MR) is 80.4 cm³/mol. The van der Waals surface area contributed by atoms with Crippen LogP contribution in [0, 0.1) is 0 Å². The van der Waals surface area contributed by atoms with Gasteiger partial charge in [-0.15, -0.1) is 0 Å². The minimum atomic E-state index is -0.619. The van der Waals surface area contributed by atoms with Crippen LogP contribution in [-0.2, 0) is 0 Å². The van der Waals surface area contributed by atoms with Gasteiger partial charge >= 0.3 is 0 Å². The molecule has 0 saturated heterocycles. The molecule has 0 bridgehead atoms. The van der Waals surface area contributed by atoms with E-state index in [9.17, 15) is 14.7 Å². The maximum absolute atomic E-state index is 12.0. The van der Waals surface area contributed by atoms with Gasteiger partial charge in [0, 0.05) is 5.56 Å². The van der Waals surface area contributed by atoms with Gasteiger partial charge in [-0.2, -0.15) is 0 Å². The van der Waals surface area contributed by atoms with Crippen LogP contribution in [-0.4, -0.2) is 16.9 Å². The topological polar surface area (TPSA) is 66.4 Å². The third-order valence-corrected chi connectivity index (χ3v) is 3.22. The first kappa shape index (κ1) is 14.8. The molecule has 0 aliphatic rings. The lowest BCUT2D eigenvalue weighted by molar-refractivity contribution is 0.0848. The molecule has 2 rings (SSSR count). The van der Waals surface area contributed by atoms with E-state index >= 15 is 0 Å². The molecular weight excluding hydrogens is 266 g/mol. The van der Waals surface area contributed by atoms with Crippen LogP contribution in [0.2, 0.25) is 0 Å². The number of hydrogen-bond donors (Lipinski definition) is 2. The zero-order chi connectivity index (χ0) is 15.4. The monoisotopic (exact) mass is 283 g/mol.